The van der Waals surface area contributed by atoms with E-state index in [0.717, 1.165) is 4.57 Å². The summed E-state index contributed by atoms with van der Waals surface area (Å²) in [7, 11) is 0. The van der Waals surface area contributed by atoms with Gasteiger partial charge in [0, 0.05) is 4.47 Å². The number of halogens is 4. The zero-order valence-corrected chi connectivity index (χ0v) is 13.7. The van der Waals surface area contributed by atoms with E-state index in [2.05, 4.69) is 26.2 Å². The summed E-state index contributed by atoms with van der Waals surface area (Å²) in [5.41, 5.74) is 0.936. The second kappa shape index (κ2) is 6.27. The molecule has 0 saturated carbocycles. The van der Waals surface area contributed by atoms with E-state index >= 15 is 0 Å². The van der Waals surface area contributed by atoms with Gasteiger partial charge in [-0.05, 0) is 40.2 Å². The monoisotopic (exact) mass is 397 g/mol. The lowest BCUT2D eigenvalue weighted by Gasteiger charge is -2.12. The number of fused-ring (bicyclic) bond motifs is 1. The third kappa shape index (κ3) is 3.28. The Morgan fingerprint density at radius 3 is 2.50 bits per heavy atom. The average molecular weight is 398 g/mol. The van der Waals surface area contributed by atoms with Crippen molar-refractivity contribution in [3.05, 3.63) is 58.8 Å². The van der Waals surface area contributed by atoms with E-state index in [0.29, 0.717) is 10.2 Å². The Bertz CT molecular complexity index is 905. The first-order chi connectivity index (χ1) is 11.4. The Labute approximate surface area is 143 Å². The molecule has 1 N–H and O–H groups in total. The van der Waals surface area contributed by atoms with Crippen molar-refractivity contribution in [2.45, 2.75) is 12.7 Å². The van der Waals surface area contributed by atoms with Gasteiger partial charge in [0.05, 0.1) is 16.7 Å². The molecule has 3 aromatic rings. The molecule has 0 aliphatic heterocycles. The van der Waals surface area contributed by atoms with Crippen LogP contribution in [0.25, 0.3) is 11.0 Å². The first-order valence-corrected chi connectivity index (χ1v) is 7.72. The van der Waals surface area contributed by atoms with Crippen molar-refractivity contribution in [2.24, 2.45) is 0 Å². The molecule has 1 heterocycles. The largest absolute Gasteiger partial charge is 0.449 e. The number of para-hydroxylation sites is 3. The zero-order chi connectivity index (χ0) is 17.3. The maximum Gasteiger partial charge on any atom is 0.449 e. The van der Waals surface area contributed by atoms with Crippen LogP contribution in [0.2, 0.25) is 0 Å². The third-order valence-electron chi connectivity index (χ3n) is 3.36. The second-order valence-corrected chi connectivity index (χ2v) is 5.89. The number of amides is 1. The van der Waals surface area contributed by atoms with Crippen LogP contribution in [-0.4, -0.2) is 15.5 Å². The Hall–Kier alpha value is -2.35. The highest BCUT2D eigenvalue weighted by atomic mass is 79.9. The second-order valence-electron chi connectivity index (χ2n) is 5.04. The molecular weight excluding hydrogens is 387 g/mol. The van der Waals surface area contributed by atoms with Gasteiger partial charge in [0.15, 0.2) is 0 Å². The number of benzene rings is 2. The maximum absolute atomic E-state index is 13.2. The van der Waals surface area contributed by atoms with Crippen LogP contribution in [0.5, 0.6) is 0 Å². The first kappa shape index (κ1) is 16.5. The third-order valence-corrected chi connectivity index (χ3v) is 4.05. The molecule has 0 unspecified atom stereocenters. The molecular formula is C16H11BrF3N3O. The van der Waals surface area contributed by atoms with Crippen molar-refractivity contribution in [3.8, 4) is 0 Å². The molecule has 0 fully saturated rings. The maximum atomic E-state index is 13.2. The van der Waals surface area contributed by atoms with E-state index in [1.54, 1.807) is 36.4 Å². The van der Waals surface area contributed by atoms with Crippen molar-refractivity contribution in [2.75, 3.05) is 5.32 Å². The van der Waals surface area contributed by atoms with Gasteiger partial charge >= 0.3 is 6.18 Å². The van der Waals surface area contributed by atoms with Crippen molar-refractivity contribution in [1.82, 2.24) is 9.55 Å². The molecule has 0 aliphatic carbocycles. The number of carbonyl (C=O) groups excluding carboxylic acids is 1. The Morgan fingerprint density at radius 1 is 1.12 bits per heavy atom. The standard InChI is InChI=1S/C16H11BrF3N3O/c17-10-5-1-2-6-11(10)21-14(24)9-23-13-8-4-3-7-12(13)22-15(23)16(18,19)20/h1-8H,9H2,(H,21,24). The van der Waals surface area contributed by atoms with E-state index in [1.165, 1.54) is 12.1 Å². The van der Waals surface area contributed by atoms with Gasteiger partial charge in [-0.15, -0.1) is 0 Å². The lowest BCUT2D eigenvalue weighted by Crippen LogP contribution is -2.23. The van der Waals surface area contributed by atoms with Crippen molar-refractivity contribution in [1.29, 1.82) is 0 Å². The highest BCUT2D eigenvalue weighted by Gasteiger charge is 2.38. The molecule has 0 radical (unpaired) electrons. The van der Waals surface area contributed by atoms with E-state index in [9.17, 15) is 18.0 Å². The van der Waals surface area contributed by atoms with Crippen LogP contribution in [0.1, 0.15) is 5.82 Å². The number of hydrogen-bond donors (Lipinski definition) is 1. The van der Waals surface area contributed by atoms with E-state index in [-0.39, 0.29) is 11.0 Å². The number of anilines is 1. The minimum absolute atomic E-state index is 0.193. The van der Waals surface area contributed by atoms with Gasteiger partial charge in [-0.1, -0.05) is 24.3 Å². The highest BCUT2D eigenvalue weighted by molar-refractivity contribution is 9.10. The minimum atomic E-state index is -4.65. The molecule has 0 bridgehead atoms. The number of aromatic nitrogens is 2. The molecule has 24 heavy (non-hydrogen) atoms. The first-order valence-electron chi connectivity index (χ1n) is 6.93. The van der Waals surface area contributed by atoms with Gasteiger partial charge < -0.3 is 9.88 Å². The molecule has 124 valence electrons. The quantitative estimate of drug-likeness (QED) is 0.709. The molecule has 3 rings (SSSR count). The number of hydrogen-bond acceptors (Lipinski definition) is 2. The van der Waals surface area contributed by atoms with E-state index in [4.69, 9.17) is 0 Å². The van der Waals surface area contributed by atoms with Crippen LogP contribution in [0, 0.1) is 0 Å². The van der Waals surface area contributed by atoms with Crippen molar-refractivity contribution >= 4 is 38.6 Å². The summed E-state index contributed by atoms with van der Waals surface area (Å²) < 4.78 is 41.1. The Kier molecular flexibility index (Phi) is 4.31. The van der Waals surface area contributed by atoms with Gasteiger partial charge in [-0.2, -0.15) is 13.2 Å². The number of rotatable bonds is 3. The summed E-state index contributed by atoms with van der Waals surface area (Å²) in [5.74, 6) is -1.67. The fourth-order valence-corrected chi connectivity index (χ4v) is 2.73. The Balaban J connectivity index is 1.94. The average Bonchev–Trinajstić information content (AvgIpc) is 2.89. The number of alkyl halides is 3. The molecule has 0 saturated heterocycles. The number of carbonyl (C=O) groups is 1. The predicted molar refractivity (Wildman–Crippen MR) is 87.5 cm³/mol. The van der Waals surface area contributed by atoms with Crippen molar-refractivity contribution in [3.63, 3.8) is 0 Å². The zero-order valence-electron chi connectivity index (χ0n) is 12.1. The van der Waals surface area contributed by atoms with Gasteiger partial charge in [-0.3, -0.25) is 4.79 Å². The van der Waals surface area contributed by atoms with Crippen LogP contribution in [0.4, 0.5) is 18.9 Å². The lowest BCUT2D eigenvalue weighted by molar-refractivity contribution is -0.147. The topological polar surface area (TPSA) is 46.9 Å². The summed E-state index contributed by atoms with van der Waals surface area (Å²) >= 11 is 3.27. The molecule has 8 heteroatoms. The number of imidazole rings is 1. The van der Waals surface area contributed by atoms with Gasteiger partial charge in [0.2, 0.25) is 11.7 Å². The van der Waals surface area contributed by atoms with Crippen LogP contribution in [-0.2, 0) is 17.5 Å². The minimum Gasteiger partial charge on any atom is -0.324 e. The molecule has 0 aliphatic rings. The number of nitrogens with one attached hydrogen (secondary N) is 1. The normalized spacial score (nSPS) is 11.7. The molecule has 4 nitrogen and oxygen atoms in total. The van der Waals surface area contributed by atoms with E-state index < -0.39 is 24.5 Å². The molecule has 0 atom stereocenters. The lowest BCUT2D eigenvalue weighted by atomic mass is 10.3. The van der Waals surface area contributed by atoms with Gasteiger partial charge in [0.1, 0.15) is 6.54 Å². The highest BCUT2D eigenvalue weighted by Crippen LogP contribution is 2.31. The fourth-order valence-electron chi connectivity index (χ4n) is 2.35. The summed E-state index contributed by atoms with van der Waals surface area (Å²) in [4.78, 5) is 15.8. The van der Waals surface area contributed by atoms with Crippen LogP contribution < -0.4 is 5.32 Å². The predicted octanol–water partition coefficient (Wildman–Crippen LogP) is 4.46. The summed E-state index contributed by atoms with van der Waals surface area (Å²) in [6, 6.07) is 13.0. The smallest absolute Gasteiger partial charge is 0.324 e. The van der Waals surface area contributed by atoms with Crippen LogP contribution >= 0.6 is 15.9 Å². The number of nitrogens with zero attached hydrogens (tertiary/aromatic N) is 2. The SMILES string of the molecule is O=C(Cn1c(C(F)(F)F)nc2ccccc21)Nc1ccccc1Br. The van der Waals surface area contributed by atoms with E-state index in [1.807, 2.05) is 0 Å². The van der Waals surface area contributed by atoms with Gasteiger partial charge in [-0.25, -0.2) is 4.98 Å². The van der Waals surface area contributed by atoms with Crippen LogP contribution in [0.15, 0.2) is 53.0 Å². The summed E-state index contributed by atoms with van der Waals surface area (Å²) in [5, 5.41) is 2.59. The van der Waals surface area contributed by atoms with Crippen molar-refractivity contribution < 1.29 is 18.0 Å². The molecule has 2 aromatic carbocycles. The molecule has 0 spiro atoms. The van der Waals surface area contributed by atoms with Crippen LogP contribution in [0.3, 0.4) is 0 Å². The van der Waals surface area contributed by atoms with Gasteiger partial charge in [0.25, 0.3) is 0 Å². The molecule has 1 amide bonds. The summed E-state index contributed by atoms with van der Waals surface area (Å²) in [6.45, 7) is -0.489. The molecule has 1 aromatic heterocycles. The summed E-state index contributed by atoms with van der Waals surface area (Å²) in [6.07, 6.45) is -4.65. The fraction of sp³-hybridized carbons (Fsp3) is 0.125. The Morgan fingerprint density at radius 2 is 1.79 bits per heavy atom.